The molecular formula is C12H9N. The summed E-state index contributed by atoms with van der Waals surface area (Å²) in [7, 11) is 0. The van der Waals surface area contributed by atoms with Gasteiger partial charge in [-0.15, -0.1) is 0 Å². The van der Waals surface area contributed by atoms with Crippen molar-refractivity contribution in [2.24, 2.45) is 0 Å². The van der Waals surface area contributed by atoms with Crippen LogP contribution in [0.25, 0.3) is 11.1 Å². The van der Waals surface area contributed by atoms with Crippen molar-refractivity contribution >= 4 is 0 Å². The average Bonchev–Trinajstić information content (AvgIpc) is 2.19. The Balaban J connectivity index is 2.48. The normalized spacial score (nSPS) is 9.31. The Bertz CT molecular complexity index is 393. The summed E-state index contributed by atoms with van der Waals surface area (Å²) in [5, 5.41) is 0. The van der Waals surface area contributed by atoms with E-state index in [9.17, 15) is 0 Å². The molecule has 1 nitrogen and oxygen atoms in total. The second-order valence-corrected chi connectivity index (χ2v) is 2.98. The van der Waals surface area contributed by atoms with Crippen LogP contribution in [0, 0.1) is 19.2 Å². The van der Waals surface area contributed by atoms with Crippen LogP contribution in [-0.2, 0) is 0 Å². The van der Waals surface area contributed by atoms with Gasteiger partial charge >= 0.3 is 0 Å². The predicted octanol–water partition coefficient (Wildman–Crippen LogP) is 2.66. The first-order valence-electron chi connectivity index (χ1n) is 4.17. The van der Waals surface area contributed by atoms with Crippen molar-refractivity contribution in [3.05, 3.63) is 54.4 Å². The van der Waals surface area contributed by atoms with Gasteiger partial charge in [-0.05, 0) is 24.6 Å². The van der Waals surface area contributed by atoms with Crippen LogP contribution >= 0.6 is 0 Å². The lowest BCUT2D eigenvalue weighted by molar-refractivity contribution is 1.34. The van der Waals surface area contributed by atoms with E-state index in [1.807, 2.05) is 12.1 Å². The molecular weight excluding hydrogens is 158 g/mol. The molecule has 0 saturated carbocycles. The Labute approximate surface area is 78.1 Å². The molecule has 0 spiro atoms. The van der Waals surface area contributed by atoms with Crippen LogP contribution in [-0.4, -0.2) is 4.98 Å². The van der Waals surface area contributed by atoms with Crippen LogP contribution in [0.1, 0.15) is 5.56 Å². The summed E-state index contributed by atoms with van der Waals surface area (Å²) < 4.78 is 0. The molecule has 0 saturated heterocycles. The highest BCUT2D eigenvalue weighted by Gasteiger charge is 1.95. The fourth-order valence-corrected chi connectivity index (χ4v) is 1.27. The Hall–Kier alpha value is -1.81. The molecule has 0 fully saturated rings. The van der Waals surface area contributed by atoms with Crippen molar-refractivity contribution in [2.45, 2.75) is 6.92 Å². The van der Waals surface area contributed by atoms with Crippen LogP contribution in [0.2, 0.25) is 0 Å². The minimum atomic E-state index is 1.09. The largest absolute Gasteiger partial charge is 0.205 e. The maximum Gasteiger partial charge on any atom is 0.0460 e. The monoisotopic (exact) mass is 167 g/mol. The van der Waals surface area contributed by atoms with Gasteiger partial charge in [0.25, 0.3) is 0 Å². The zero-order valence-corrected chi connectivity index (χ0v) is 7.41. The number of aryl methyl sites for hydroxylation is 1. The summed E-state index contributed by atoms with van der Waals surface area (Å²) in [5.74, 6) is 0. The summed E-state index contributed by atoms with van der Waals surface area (Å²) in [6.07, 6.45) is 4.44. The highest BCUT2D eigenvalue weighted by Crippen LogP contribution is 2.17. The van der Waals surface area contributed by atoms with Crippen molar-refractivity contribution in [1.29, 1.82) is 0 Å². The van der Waals surface area contributed by atoms with E-state index in [1.54, 1.807) is 6.20 Å². The van der Waals surface area contributed by atoms with Gasteiger partial charge in [-0.3, -0.25) is 0 Å². The van der Waals surface area contributed by atoms with Crippen LogP contribution in [0.4, 0.5) is 0 Å². The average molecular weight is 167 g/mol. The van der Waals surface area contributed by atoms with Crippen molar-refractivity contribution in [2.75, 3.05) is 0 Å². The van der Waals surface area contributed by atoms with Crippen molar-refractivity contribution in [3.63, 3.8) is 0 Å². The van der Waals surface area contributed by atoms with Crippen molar-refractivity contribution in [1.82, 2.24) is 4.98 Å². The quantitative estimate of drug-likeness (QED) is 0.636. The molecule has 1 aromatic carbocycles. The predicted molar refractivity (Wildman–Crippen MR) is 52.1 cm³/mol. The van der Waals surface area contributed by atoms with E-state index >= 15 is 0 Å². The summed E-state index contributed by atoms with van der Waals surface area (Å²) in [5.41, 5.74) is 3.52. The molecule has 2 rings (SSSR count). The Morgan fingerprint density at radius 3 is 2.85 bits per heavy atom. The summed E-state index contributed by atoms with van der Waals surface area (Å²) in [6.45, 7) is 2.08. The molecule has 0 atom stereocenters. The molecule has 13 heavy (non-hydrogen) atoms. The molecule has 0 N–H and O–H groups in total. The summed E-state index contributed by atoms with van der Waals surface area (Å²) in [4.78, 5) is 3.91. The second kappa shape index (κ2) is 3.28. The summed E-state index contributed by atoms with van der Waals surface area (Å²) in [6, 6.07) is 13.1. The molecule has 0 unspecified atom stereocenters. The fourth-order valence-electron chi connectivity index (χ4n) is 1.27. The lowest BCUT2D eigenvalue weighted by atomic mass is 10.1. The number of nitrogens with zero attached hydrogens (tertiary/aromatic N) is 1. The molecule has 1 aromatic heterocycles. The van der Waals surface area contributed by atoms with E-state index in [0.29, 0.717) is 0 Å². The number of benzene rings is 1. The van der Waals surface area contributed by atoms with Crippen LogP contribution < -0.4 is 0 Å². The third-order valence-corrected chi connectivity index (χ3v) is 1.91. The van der Waals surface area contributed by atoms with E-state index in [-0.39, 0.29) is 0 Å². The van der Waals surface area contributed by atoms with Gasteiger partial charge in [-0.25, -0.2) is 4.98 Å². The van der Waals surface area contributed by atoms with Gasteiger partial charge in [0.2, 0.25) is 0 Å². The van der Waals surface area contributed by atoms with E-state index in [0.717, 1.165) is 5.56 Å². The molecule has 0 aliphatic rings. The Morgan fingerprint density at radius 1 is 1.23 bits per heavy atom. The first-order valence-corrected chi connectivity index (χ1v) is 4.17. The van der Waals surface area contributed by atoms with Gasteiger partial charge in [-0.2, -0.15) is 0 Å². The molecule has 1 heteroatoms. The van der Waals surface area contributed by atoms with Crippen LogP contribution in [0.3, 0.4) is 0 Å². The SMILES string of the molecule is Cc1cccc(-c2cc#cnc2)c1. The van der Waals surface area contributed by atoms with E-state index < -0.39 is 0 Å². The maximum absolute atomic E-state index is 3.91. The van der Waals surface area contributed by atoms with Crippen LogP contribution in [0.15, 0.2) is 36.5 Å². The van der Waals surface area contributed by atoms with Gasteiger partial charge in [0.1, 0.15) is 0 Å². The molecule has 0 aliphatic heterocycles. The van der Waals surface area contributed by atoms with Gasteiger partial charge in [-0.1, -0.05) is 29.8 Å². The Morgan fingerprint density at radius 2 is 2.15 bits per heavy atom. The third kappa shape index (κ3) is 1.68. The highest BCUT2D eigenvalue weighted by molar-refractivity contribution is 5.62. The summed E-state index contributed by atoms with van der Waals surface area (Å²) >= 11 is 0. The zero-order valence-electron chi connectivity index (χ0n) is 7.41. The number of aromatic nitrogens is 1. The second-order valence-electron chi connectivity index (χ2n) is 2.98. The zero-order chi connectivity index (χ0) is 9.10. The molecule has 2 aromatic rings. The van der Waals surface area contributed by atoms with Gasteiger partial charge < -0.3 is 0 Å². The standard InChI is InChI=1S/C12H9N/c1-10-4-2-5-11(8-10)12-6-3-7-13-9-12/h2,4-6,8-9H,1H3. The number of hydrogen-bond acceptors (Lipinski definition) is 1. The lowest BCUT2D eigenvalue weighted by Gasteiger charge is -1.99. The lowest BCUT2D eigenvalue weighted by Crippen LogP contribution is -1.78. The fraction of sp³-hybridized carbons (Fsp3) is 0.0833. The molecule has 0 amide bonds. The minimum Gasteiger partial charge on any atom is -0.205 e. The van der Waals surface area contributed by atoms with E-state index in [1.165, 1.54) is 11.1 Å². The van der Waals surface area contributed by atoms with Gasteiger partial charge in [0.05, 0.1) is 0 Å². The first kappa shape index (κ1) is 7.82. The van der Waals surface area contributed by atoms with E-state index in [2.05, 4.69) is 42.4 Å². The van der Waals surface area contributed by atoms with Crippen LogP contribution in [0.5, 0.6) is 0 Å². The molecule has 1 heterocycles. The Kier molecular flexibility index (Phi) is 1.97. The molecule has 0 radical (unpaired) electrons. The van der Waals surface area contributed by atoms with Gasteiger partial charge in [0, 0.05) is 18.0 Å². The van der Waals surface area contributed by atoms with Crippen molar-refractivity contribution < 1.29 is 0 Å². The van der Waals surface area contributed by atoms with E-state index in [4.69, 9.17) is 0 Å². The first-order chi connectivity index (χ1) is 6.36. The third-order valence-electron chi connectivity index (χ3n) is 1.91. The maximum atomic E-state index is 3.91. The molecule has 0 aliphatic carbocycles. The topological polar surface area (TPSA) is 12.9 Å². The number of rotatable bonds is 1. The molecule has 0 bridgehead atoms. The minimum absolute atomic E-state index is 1.09. The van der Waals surface area contributed by atoms with Gasteiger partial charge in [0.15, 0.2) is 0 Å². The molecule has 62 valence electrons. The number of hydrogen-bond donors (Lipinski definition) is 0. The van der Waals surface area contributed by atoms with Crippen molar-refractivity contribution in [3.8, 4) is 11.1 Å². The smallest absolute Gasteiger partial charge is 0.0460 e. The highest BCUT2D eigenvalue weighted by atomic mass is 14.6.